The minimum Gasteiger partial charge on any atom is -0.444 e. The van der Waals surface area contributed by atoms with E-state index in [4.69, 9.17) is 9.52 Å². The number of rotatable bonds is 5. The van der Waals surface area contributed by atoms with Crippen LogP contribution in [0.1, 0.15) is 18.5 Å². The molecule has 2 aromatic rings. The summed E-state index contributed by atoms with van der Waals surface area (Å²) in [4.78, 5) is 6.79. The molecule has 1 aromatic carbocycles. The minimum atomic E-state index is -0.266. The van der Waals surface area contributed by atoms with Crippen molar-refractivity contribution < 1.29 is 13.9 Å². The monoisotopic (exact) mass is 290 g/mol. The molecule has 0 spiro atoms. The van der Waals surface area contributed by atoms with Crippen LogP contribution in [0, 0.1) is 11.7 Å². The van der Waals surface area contributed by atoms with Crippen molar-refractivity contribution in [1.82, 2.24) is 9.88 Å². The topological polar surface area (TPSA) is 49.5 Å². The summed E-state index contributed by atoms with van der Waals surface area (Å²) in [7, 11) is 0. The third-order valence-corrected chi connectivity index (χ3v) is 3.94. The Morgan fingerprint density at radius 2 is 2.14 bits per heavy atom. The first-order valence-corrected chi connectivity index (χ1v) is 7.28. The number of halogens is 1. The maximum atomic E-state index is 12.9. The van der Waals surface area contributed by atoms with Crippen LogP contribution in [0.4, 0.5) is 4.39 Å². The summed E-state index contributed by atoms with van der Waals surface area (Å²) >= 11 is 0. The molecule has 1 aromatic heterocycles. The number of benzene rings is 1. The second-order valence-corrected chi connectivity index (χ2v) is 5.55. The van der Waals surface area contributed by atoms with E-state index in [1.807, 2.05) is 0 Å². The molecule has 1 atom stereocenters. The van der Waals surface area contributed by atoms with Crippen LogP contribution in [0.5, 0.6) is 0 Å². The van der Waals surface area contributed by atoms with Crippen LogP contribution in [0.3, 0.4) is 0 Å². The average Bonchev–Trinajstić information content (AvgIpc) is 3.11. The molecule has 1 aliphatic heterocycles. The van der Waals surface area contributed by atoms with E-state index in [0.717, 1.165) is 43.7 Å². The van der Waals surface area contributed by atoms with E-state index in [2.05, 4.69) is 9.88 Å². The number of hydrogen-bond donors (Lipinski definition) is 1. The average molecular weight is 290 g/mol. The zero-order valence-corrected chi connectivity index (χ0v) is 11.8. The molecule has 1 unspecified atom stereocenters. The van der Waals surface area contributed by atoms with E-state index >= 15 is 0 Å². The largest absolute Gasteiger partial charge is 0.444 e. The molecule has 1 aliphatic rings. The Kier molecular flexibility index (Phi) is 4.31. The van der Waals surface area contributed by atoms with Crippen LogP contribution in [0.25, 0.3) is 11.5 Å². The fourth-order valence-corrected chi connectivity index (χ4v) is 2.81. The van der Waals surface area contributed by atoms with Crippen molar-refractivity contribution in [1.29, 1.82) is 0 Å². The molecular weight excluding hydrogens is 271 g/mol. The molecule has 0 aliphatic carbocycles. The summed E-state index contributed by atoms with van der Waals surface area (Å²) in [6.45, 7) is 3.05. The van der Waals surface area contributed by atoms with Crippen LogP contribution in [0.15, 0.2) is 34.9 Å². The van der Waals surface area contributed by atoms with E-state index in [1.54, 1.807) is 18.4 Å². The molecule has 0 amide bonds. The zero-order chi connectivity index (χ0) is 14.7. The molecule has 0 bridgehead atoms. The van der Waals surface area contributed by atoms with Crippen LogP contribution in [0.2, 0.25) is 0 Å². The zero-order valence-electron chi connectivity index (χ0n) is 11.8. The Morgan fingerprint density at radius 3 is 2.90 bits per heavy atom. The summed E-state index contributed by atoms with van der Waals surface area (Å²) in [6, 6.07) is 6.13. The van der Waals surface area contributed by atoms with E-state index in [-0.39, 0.29) is 12.4 Å². The summed E-state index contributed by atoms with van der Waals surface area (Å²) in [5, 5.41) is 8.98. The minimum absolute atomic E-state index is 0.261. The highest BCUT2D eigenvalue weighted by Crippen LogP contribution is 2.23. The second kappa shape index (κ2) is 6.37. The molecule has 1 saturated heterocycles. The number of oxazole rings is 1. The third-order valence-electron chi connectivity index (χ3n) is 3.94. The number of aliphatic hydroxyl groups excluding tert-OH is 1. The standard InChI is InChI=1S/C16H19FN2O2/c17-14-3-1-13(2-4-14)16-18-15(11-21-16)10-19-7-5-12(9-19)6-8-20/h1-4,11-12,20H,5-10H2. The van der Waals surface area contributed by atoms with Gasteiger partial charge in [0.15, 0.2) is 0 Å². The lowest BCUT2D eigenvalue weighted by atomic mass is 10.1. The fraction of sp³-hybridized carbons (Fsp3) is 0.438. The van der Waals surface area contributed by atoms with Gasteiger partial charge in [-0.05, 0) is 49.6 Å². The van der Waals surface area contributed by atoms with Gasteiger partial charge in [-0.3, -0.25) is 4.90 Å². The maximum Gasteiger partial charge on any atom is 0.226 e. The lowest BCUT2D eigenvalue weighted by Crippen LogP contribution is -2.20. The summed E-state index contributed by atoms with van der Waals surface area (Å²) in [5.41, 5.74) is 1.67. The van der Waals surface area contributed by atoms with Crippen molar-refractivity contribution >= 4 is 0 Å². The fourth-order valence-electron chi connectivity index (χ4n) is 2.81. The van der Waals surface area contributed by atoms with Gasteiger partial charge in [0.05, 0.1) is 5.69 Å². The van der Waals surface area contributed by atoms with Gasteiger partial charge in [-0.1, -0.05) is 0 Å². The summed E-state index contributed by atoms with van der Waals surface area (Å²) < 4.78 is 18.4. The van der Waals surface area contributed by atoms with E-state index in [1.165, 1.54) is 12.1 Å². The van der Waals surface area contributed by atoms with E-state index in [9.17, 15) is 4.39 Å². The molecule has 3 rings (SSSR count). The van der Waals surface area contributed by atoms with E-state index in [0.29, 0.717) is 11.8 Å². The highest BCUT2D eigenvalue weighted by Gasteiger charge is 2.22. The van der Waals surface area contributed by atoms with Gasteiger partial charge in [-0.25, -0.2) is 9.37 Å². The Labute approximate surface area is 123 Å². The van der Waals surface area contributed by atoms with Crippen molar-refractivity contribution in [2.75, 3.05) is 19.7 Å². The van der Waals surface area contributed by atoms with Gasteiger partial charge in [0, 0.05) is 25.3 Å². The van der Waals surface area contributed by atoms with Crippen LogP contribution < -0.4 is 0 Å². The van der Waals surface area contributed by atoms with Crippen molar-refractivity contribution in [2.45, 2.75) is 19.4 Å². The molecule has 112 valence electrons. The number of aliphatic hydroxyl groups is 1. The van der Waals surface area contributed by atoms with Gasteiger partial charge in [-0.15, -0.1) is 0 Å². The summed E-state index contributed by atoms with van der Waals surface area (Å²) in [6.07, 6.45) is 3.66. The lowest BCUT2D eigenvalue weighted by Gasteiger charge is -2.13. The number of likely N-dealkylation sites (tertiary alicyclic amines) is 1. The molecule has 0 radical (unpaired) electrons. The number of aromatic nitrogens is 1. The Bertz CT molecular complexity index is 582. The predicted molar refractivity (Wildman–Crippen MR) is 77.0 cm³/mol. The van der Waals surface area contributed by atoms with Crippen LogP contribution in [-0.4, -0.2) is 34.7 Å². The normalized spacial score (nSPS) is 19.2. The SMILES string of the molecule is OCCC1CCN(Cc2coc(-c3ccc(F)cc3)n2)C1. The summed E-state index contributed by atoms with van der Waals surface area (Å²) in [5.74, 6) is 0.840. The van der Waals surface area contributed by atoms with Crippen molar-refractivity contribution in [3.8, 4) is 11.5 Å². The predicted octanol–water partition coefficient (Wildman–Crippen LogP) is 2.69. The first kappa shape index (κ1) is 14.2. The molecule has 4 nitrogen and oxygen atoms in total. The van der Waals surface area contributed by atoms with Gasteiger partial charge in [0.25, 0.3) is 0 Å². The maximum absolute atomic E-state index is 12.9. The number of nitrogens with zero attached hydrogens (tertiary/aromatic N) is 2. The Morgan fingerprint density at radius 1 is 1.33 bits per heavy atom. The van der Waals surface area contributed by atoms with Gasteiger partial charge in [0.2, 0.25) is 5.89 Å². The van der Waals surface area contributed by atoms with Crippen LogP contribution in [-0.2, 0) is 6.54 Å². The van der Waals surface area contributed by atoms with Crippen molar-refractivity contribution in [3.05, 3.63) is 42.0 Å². The highest BCUT2D eigenvalue weighted by molar-refractivity contribution is 5.52. The number of hydrogen-bond acceptors (Lipinski definition) is 4. The van der Waals surface area contributed by atoms with Crippen molar-refractivity contribution in [2.24, 2.45) is 5.92 Å². The second-order valence-electron chi connectivity index (χ2n) is 5.55. The molecule has 1 N–H and O–H groups in total. The van der Waals surface area contributed by atoms with Gasteiger partial charge >= 0.3 is 0 Å². The first-order valence-electron chi connectivity index (χ1n) is 7.28. The van der Waals surface area contributed by atoms with E-state index < -0.39 is 0 Å². The van der Waals surface area contributed by atoms with Gasteiger partial charge < -0.3 is 9.52 Å². The highest BCUT2D eigenvalue weighted by atomic mass is 19.1. The Hall–Kier alpha value is -1.72. The quantitative estimate of drug-likeness (QED) is 0.920. The molecule has 21 heavy (non-hydrogen) atoms. The molecule has 2 heterocycles. The lowest BCUT2D eigenvalue weighted by molar-refractivity contribution is 0.249. The molecular formula is C16H19FN2O2. The third kappa shape index (κ3) is 3.49. The molecule has 1 fully saturated rings. The first-order chi connectivity index (χ1) is 10.2. The molecule has 5 heteroatoms. The van der Waals surface area contributed by atoms with Gasteiger partial charge in [0.1, 0.15) is 12.1 Å². The van der Waals surface area contributed by atoms with Gasteiger partial charge in [-0.2, -0.15) is 0 Å². The van der Waals surface area contributed by atoms with Crippen molar-refractivity contribution in [3.63, 3.8) is 0 Å². The Balaban J connectivity index is 1.62. The van der Waals surface area contributed by atoms with Crippen LogP contribution >= 0.6 is 0 Å². The molecule has 0 saturated carbocycles. The smallest absolute Gasteiger partial charge is 0.226 e.